The Bertz CT molecular complexity index is 337. The average Bonchev–Trinajstić information content (AvgIpc) is 2.18. The van der Waals surface area contributed by atoms with E-state index in [1.165, 1.54) is 0 Å². The van der Waals surface area contributed by atoms with Crippen LogP contribution in [0.5, 0.6) is 0 Å². The molecule has 2 nitrogen and oxygen atoms in total. The Morgan fingerprint density at radius 3 is 2.79 bits per heavy atom. The maximum Gasteiger partial charge on any atom is 0.166 e. The topological polar surface area (TPSA) is 26.3 Å². The summed E-state index contributed by atoms with van der Waals surface area (Å²) in [6.45, 7) is 0.456. The van der Waals surface area contributed by atoms with Crippen LogP contribution in [0.3, 0.4) is 0 Å². The molecule has 1 aromatic carbocycles. The van der Waals surface area contributed by atoms with Crippen LogP contribution in [0.1, 0.15) is 16.8 Å². The molecule has 0 amide bonds. The smallest absolute Gasteiger partial charge is 0.166 e. The summed E-state index contributed by atoms with van der Waals surface area (Å²) in [5.41, 5.74) is 0.691. The molecular formula is C10H10Br2O2. The Morgan fingerprint density at radius 1 is 1.43 bits per heavy atom. The van der Waals surface area contributed by atoms with Crippen molar-refractivity contribution in [2.24, 2.45) is 0 Å². The second-order valence-electron chi connectivity index (χ2n) is 2.79. The lowest BCUT2D eigenvalue weighted by atomic mass is 10.1. The molecule has 4 heteroatoms. The molecule has 76 valence electrons. The van der Waals surface area contributed by atoms with Crippen LogP contribution in [-0.2, 0) is 4.74 Å². The van der Waals surface area contributed by atoms with Gasteiger partial charge in [-0.2, -0.15) is 0 Å². The van der Waals surface area contributed by atoms with Gasteiger partial charge in [0, 0.05) is 28.0 Å². The predicted molar refractivity (Wildman–Crippen MR) is 62.7 cm³/mol. The fourth-order valence-electron chi connectivity index (χ4n) is 1.04. The molecule has 1 rings (SSSR count). The van der Waals surface area contributed by atoms with Crippen molar-refractivity contribution in [2.45, 2.75) is 6.42 Å². The molecule has 0 unspecified atom stereocenters. The van der Waals surface area contributed by atoms with Crippen molar-refractivity contribution >= 4 is 37.6 Å². The van der Waals surface area contributed by atoms with Gasteiger partial charge in [-0.1, -0.05) is 31.9 Å². The van der Waals surface area contributed by atoms with Gasteiger partial charge in [-0.3, -0.25) is 4.79 Å². The van der Waals surface area contributed by atoms with Gasteiger partial charge in [0.25, 0.3) is 0 Å². The molecule has 0 atom stereocenters. The second kappa shape index (κ2) is 5.63. The molecule has 0 saturated carbocycles. The lowest BCUT2D eigenvalue weighted by Crippen LogP contribution is -2.04. The third-order valence-electron chi connectivity index (χ3n) is 1.76. The van der Waals surface area contributed by atoms with Crippen molar-refractivity contribution in [3.8, 4) is 0 Å². The Hall–Kier alpha value is -0.190. The molecule has 14 heavy (non-hydrogen) atoms. The molecule has 0 N–H and O–H groups in total. The monoisotopic (exact) mass is 320 g/mol. The summed E-state index contributed by atoms with van der Waals surface area (Å²) in [7, 11) is 1.59. The quantitative estimate of drug-likeness (QED) is 0.794. The molecule has 0 aliphatic carbocycles. The van der Waals surface area contributed by atoms with Crippen molar-refractivity contribution in [2.75, 3.05) is 13.7 Å². The number of carbonyl (C=O) groups excluding carboxylic acids is 1. The highest BCUT2D eigenvalue weighted by molar-refractivity contribution is 9.11. The minimum Gasteiger partial charge on any atom is -0.384 e. The summed E-state index contributed by atoms with van der Waals surface area (Å²) in [5.74, 6) is 0.0834. The number of Topliss-reactive ketones (excluding diaryl/α,β-unsaturated/α-hetero) is 1. The molecule has 0 radical (unpaired) electrons. The van der Waals surface area contributed by atoms with Crippen molar-refractivity contribution in [1.29, 1.82) is 0 Å². The van der Waals surface area contributed by atoms with Crippen LogP contribution in [-0.4, -0.2) is 19.5 Å². The molecule has 0 spiro atoms. The Kier molecular flexibility index (Phi) is 4.78. The minimum atomic E-state index is 0.0834. The number of carbonyl (C=O) groups is 1. The van der Waals surface area contributed by atoms with E-state index >= 15 is 0 Å². The van der Waals surface area contributed by atoms with E-state index in [0.29, 0.717) is 18.6 Å². The molecular weight excluding hydrogens is 312 g/mol. The third-order valence-corrected chi connectivity index (χ3v) is 2.95. The summed E-state index contributed by atoms with van der Waals surface area (Å²) >= 11 is 6.67. The van der Waals surface area contributed by atoms with Crippen molar-refractivity contribution in [1.82, 2.24) is 0 Å². The first-order valence-electron chi connectivity index (χ1n) is 4.12. The molecule has 0 saturated heterocycles. The van der Waals surface area contributed by atoms with Gasteiger partial charge in [0.15, 0.2) is 5.78 Å². The van der Waals surface area contributed by atoms with E-state index in [4.69, 9.17) is 4.74 Å². The predicted octanol–water partition coefficient (Wildman–Crippen LogP) is 3.43. The van der Waals surface area contributed by atoms with Gasteiger partial charge >= 0.3 is 0 Å². The number of hydrogen-bond acceptors (Lipinski definition) is 2. The van der Waals surface area contributed by atoms with Crippen LogP contribution in [0.25, 0.3) is 0 Å². The largest absolute Gasteiger partial charge is 0.384 e. The van der Waals surface area contributed by atoms with Crippen molar-refractivity contribution < 1.29 is 9.53 Å². The Balaban J connectivity index is 2.83. The summed E-state index contributed by atoms with van der Waals surface area (Å²) in [6, 6.07) is 5.55. The van der Waals surface area contributed by atoms with Gasteiger partial charge in [-0.05, 0) is 18.2 Å². The lowest BCUT2D eigenvalue weighted by molar-refractivity contribution is 0.0931. The maximum atomic E-state index is 11.6. The van der Waals surface area contributed by atoms with Crippen LogP contribution in [0, 0.1) is 0 Å². The number of methoxy groups -OCH3 is 1. The number of benzene rings is 1. The Labute approximate surface area is 99.9 Å². The first-order chi connectivity index (χ1) is 6.65. The van der Waals surface area contributed by atoms with E-state index in [9.17, 15) is 4.79 Å². The first kappa shape index (κ1) is 11.9. The normalized spacial score (nSPS) is 10.2. The van der Waals surface area contributed by atoms with E-state index in [-0.39, 0.29) is 5.78 Å². The molecule has 1 aromatic rings. The number of halogens is 2. The molecule has 0 aliphatic rings. The molecule has 0 fully saturated rings. The zero-order valence-electron chi connectivity index (χ0n) is 7.72. The van der Waals surface area contributed by atoms with E-state index < -0.39 is 0 Å². The fourth-order valence-corrected chi connectivity index (χ4v) is 1.87. The highest BCUT2D eigenvalue weighted by atomic mass is 79.9. The SMILES string of the molecule is COCCC(=O)c1cc(Br)ccc1Br. The summed E-state index contributed by atoms with van der Waals surface area (Å²) in [6.07, 6.45) is 0.408. The highest BCUT2D eigenvalue weighted by Crippen LogP contribution is 2.22. The third kappa shape index (κ3) is 3.19. The molecule has 0 aromatic heterocycles. The van der Waals surface area contributed by atoms with Gasteiger partial charge in [0.1, 0.15) is 0 Å². The van der Waals surface area contributed by atoms with Crippen LogP contribution in [0.15, 0.2) is 27.1 Å². The fraction of sp³-hybridized carbons (Fsp3) is 0.300. The molecule has 0 bridgehead atoms. The standard InChI is InChI=1S/C10H10Br2O2/c1-14-5-4-10(13)8-6-7(11)2-3-9(8)12/h2-3,6H,4-5H2,1H3. The summed E-state index contributed by atoms with van der Waals surface area (Å²) in [4.78, 5) is 11.6. The van der Waals surface area contributed by atoms with Crippen LogP contribution in [0.2, 0.25) is 0 Å². The van der Waals surface area contributed by atoms with Gasteiger partial charge in [-0.15, -0.1) is 0 Å². The number of rotatable bonds is 4. The summed E-state index contributed by atoms with van der Waals surface area (Å²) < 4.78 is 6.58. The zero-order chi connectivity index (χ0) is 10.6. The zero-order valence-corrected chi connectivity index (χ0v) is 10.9. The lowest BCUT2D eigenvalue weighted by Gasteiger charge is -2.03. The second-order valence-corrected chi connectivity index (χ2v) is 4.56. The van der Waals surface area contributed by atoms with Crippen LogP contribution in [0.4, 0.5) is 0 Å². The van der Waals surface area contributed by atoms with Gasteiger partial charge in [0.05, 0.1) is 6.61 Å². The molecule has 0 aliphatic heterocycles. The highest BCUT2D eigenvalue weighted by Gasteiger charge is 2.09. The van der Waals surface area contributed by atoms with Gasteiger partial charge in [-0.25, -0.2) is 0 Å². The van der Waals surface area contributed by atoms with Gasteiger partial charge < -0.3 is 4.74 Å². The Morgan fingerprint density at radius 2 is 2.14 bits per heavy atom. The van der Waals surface area contributed by atoms with Crippen molar-refractivity contribution in [3.05, 3.63) is 32.7 Å². The van der Waals surface area contributed by atoms with Gasteiger partial charge in [0.2, 0.25) is 0 Å². The van der Waals surface area contributed by atoms with E-state index in [1.807, 2.05) is 18.2 Å². The first-order valence-corrected chi connectivity index (χ1v) is 5.71. The number of ether oxygens (including phenoxy) is 1. The van der Waals surface area contributed by atoms with E-state index in [0.717, 1.165) is 8.95 Å². The van der Waals surface area contributed by atoms with E-state index in [2.05, 4.69) is 31.9 Å². The summed E-state index contributed by atoms with van der Waals surface area (Å²) in [5, 5.41) is 0. The molecule has 0 heterocycles. The van der Waals surface area contributed by atoms with Crippen molar-refractivity contribution in [3.63, 3.8) is 0 Å². The number of ketones is 1. The van der Waals surface area contributed by atoms with E-state index in [1.54, 1.807) is 7.11 Å². The number of hydrogen-bond donors (Lipinski definition) is 0. The average molecular weight is 322 g/mol. The van der Waals surface area contributed by atoms with Crippen LogP contribution < -0.4 is 0 Å². The maximum absolute atomic E-state index is 11.6. The minimum absolute atomic E-state index is 0.0834. The van der Waals surface area contributed by atoms with Crippen LogP contribution >= 0.6 is 31.9 Å².